The van der Waals surface area contributed by atoms with E-state index in [1.165, 1.54) is 12.8 Å². The maximum absolute atomic E-state index is 6.17. The van der Waals surface area contributed by atoms with Gasteiger partial charge in [0.15, 0.2) is 0 Å². The molecule has 0 N–H and O–H groups in total. The minimum Gasteiger partial charge on any atom is -0.369 e. The molecule has 102 valence electrons. The van der Waals surface area contributed by atoms with Gasteiger partial charge in [-0.3, -0.25) is 4.98 Å². The van der Waals surface area contributed by atoms with Crippen LogP contribution in [0.25, 0.3) is 0 Å². The third-order valence-electron chi connectivity index (χ3n) is 3.57. The van der Waals surface area contributed by atoms with Crippen molar-refractivity contribution < 1.29 is 0 Å². The summed E-state index contributed by atoms with van der Waals surface area (Å²) in [6.07, 6.45) is 6.15. The van der Waals surface area contributed by atoms with E-state index in [1.807, 2.05) is 26.1 Å². The molecule has 1 aliphatic rings. The fourth-order valence-electron chi connectivity index (χ4n) is 2.41. The van der Waals surface area contributed by atoms with Gasteiger partial charge in [0, 0.05) is 19.3 Å². The predicted molar refractivity (Wildman–Crippen MR) is 80.4 cm³/mol. The van der Waals surface area contributed by atoms with Gasteiger partial charge in [0.1, 0.15) is 0 Å². The van der Waals surface area contributed by atoms with Crippen molar-refractivity contribution >= 4 is 17.3 Å². The van der Waals surface area contributed by atoms with Gasteiger partial charge in [-0.05, 0) is 30.7 Å². The molecule has 1 fully saturated rings. The second-order valence-corrected chi connectivity index (χ2v) is 5.30. The molecule has 3 heteroatoms. The summed E-state index contributed by atoms with van der Waals surface area (Å²) >= 11 is 6.17. The lowest BCUT2D eigenvalue weighted by atomic mass is 9.86. The molecule has 1 aliphatic heterocycles. The monoisotopic (exact) mass is 268 g/mol. The molecule has 0 radical (unpaired) electrons. The molecular formula is C15H25ClN2. The molecule has 0 unspecified atom stereocenters. The fourth-order valence-corrected chi connectivity index (χ4v) is 2.63. The standard InChI is InChI=1S/C13H19ClN2.C2H6/c1-10(2)11-4-7-16(8-5-11)13-9-15-6-3-12(13)14;1-2/h3,6,9-11H,4-5,7-8H2,1-2H3;1-2H3. The minimum absolute atomic E-state index is 0.798. The maximum Gasteiger partial charge on any atom is 0.0742 e. The van der Waals surface area contributed by atoms with Crippen LogP contribution >= 0.6 is 11.6 Å². The Balaban J connectivity index is 0.000000771. The first-order valence-electron chi connectivity index (χ1n) is 7.03. The molecule has 2 rings (SSSR count). The van der Waals surface area contributed by atoms with Crippen LogP contribution in [0, 0.1) is 11.8 Å². The van der Waals surface area contributed by atoms with Crippen molar-refractivity contribution in [3.63, 3.8) is 0 Å². The van der Waals surface area contributed by atoms with Gasteiger partial charge in [-0.15, -0.1) is 0 Å². The molecule has 0 amide bonds. The van der Waals surface area contributed by atoms with Crippen LogP contribution in [0.4, 0.5) is 5.69 Å². The second kappa shape index (κ2) is 7.63. The van der Waals surface area contributed by atoms with Crippen molar-refractivity contribution in [1.29, 1.82) is 0 Å². The Bertz CT molecular complexity index is 344. The highest BCUT2D eigenvalue weighted by Gasteiger charge is 2.22. The topological polar surface area (TPSA) is 16.1 Å². The van der Waals surface area contributed by atoms with Gasteiger partial charge in [-0.25, -0.2) is 0 Å². The molecule has 0 atom stereocenters. The molecule has 0 spiro atoms. The van der Waals surface area contributed by atoms with E-state index in [-0.39, 0.29) is 0 Å². The lowest BCUT2D eigenvalue weighted by Crippen LogP contribution is -2.35. The molecule has 0 bridgehead atoms. The van der Waals surface area contributed by atoms with Crippen LogP contribution in [0.1, 0.15) is 40.5 Å². The molecular weight excluding hydrogens is 244 g/mol. The molecule has 2 heterocycles. The molecule has 1 aromatic rings. The number of halogens is 1. The minimum atomic E-state index is 0.798. The summed E-state index contributed by atoms with van der Waals surface area (Å²) in [7, 11) is 0. The van der Waals surface area contributed by atoms with Crippen molar-refractivity contribution in [3.05, 3.63) is 23.5 Å². The number of piperidine rings is 1. The highest BCUT2D eigenvalue weighted by atomic mass is 35.5. The van der Waals surface area contributed by atoms with E-state index in [4.69, 9.17) is 11.6 Å². The van der Waals surface area contributed by atoms with E-state index >= 15 is 0 Å². The summed E-state index contributed by atoms with van der Waals surface area (Å²) in [5, 5.41) is 0.818. The largest absolute Gasteiger partial charge is 0.369 e. The van der Waals surface area contributed by atoms with Gasteiger partial charge in [0.2, 0.25) is 0 Å². The van der Waals surface area contributed by atoms with Crippen molar-refractivity contribution in [2.24, 2.45) is 11.8 Å². The zero-order chi connectivity index (χ0) is 13.5. The quantitative estimate of drug-likeness (QED) is 0.777. The van der Waals surface area contributed by atoms with Crippen LogP contribution < -0.4 is 4.90 Å². The van der Waals surface area contributed by atoms with Crippen molar-refractivity contribution in [1.82, 2.24) is 4.98 Å². The van der Waals surface area contributed by atoms with Gasteiger partial charge in [-0.1, -0.05) is 39.3 Å². The van der Waals surface area contributed by atoms with Crippen LogP contribution in [0.15, 0.2) is 18.5 Å². The number of aromatic nitrogens is 1. The number of hydrogen-bond acceptors (Lipinski definition) is 2. The summed E-state index contributed by atoms with van der Waals surface area (Å²) in [4.78, 5) is 6.50. The van der Waals surface area contributed by atoms with E-state index in [1.54, 1.807) is 6.20 Å². The fraction of sp³-hybridized carbons (Fsp3) is 0.667. The first kappa shape index (κ1) is 15.3. The Hall–Kier alpha value is -0.760. The molecule has 0 saturated carbocycles. The predicted octanol–water partition coefficient (Wildman–Crippen LogP) is 4.63. The van der Waals surface area contributed by atoms with Gasteiger partial charge >= 0.3 is 0 Å². The van der Waals surface area contributed by atoms with E-state index in [0.717, 1.165) is 35.6 Å². The Kier molecular flexibility index (Phi) is 6.48. The molecule has 2 nitrogen and oxygen atoms in total. The Morgan fingerprint density at radius 2 is 1.89 bits per heavy atom. The SMILES string of the molecule is CC.CC(C)C1CCN(c2cnccc2Cl)CC1. The van der Waals surface area contributed by atoms with Crippen LogP contribution in [-0.4, -0.2) is 18.1 Å². The Morgan fingerprint density at radius 1 is 1.28 bits per heavy atom. The molecule has 0 aromatic carbocycles. The van der Waals surface area contributed by atoms with Crippen molar-refractivity contribution in [2.45, 2.75) is 40.5 Å². The highest BCUT2D eigenvalue weighted by Crippen LogP contribution is 2.30. The molecule has 1 saturated heterocycles. The number of rotatable bonds is 2. The van der Waals surface area contributed by atoms with Crippen molar-refractivity contribution in [3.8, 4) is 0 Å². The van der Waals surface area contributed by atoms with Crippen LogP contribution in [0.3, 0.4) is 0 Å². The normalized spacial score (nSPS) is 16.4. The van der Waals surface area contributed by atoms with E-state index < -0.39 is 0 Å². The third-order valence-corrected chi connectivity index (χ3v) is 3.89. The summed E-state index contributed by atoms with van der Waals surface area (Å²) in [6, 6.07) is 1.87. The summed E-state index contributed by atoms with van der Waals surface area (Å²) in [6.45, 7) is 10.8. The lowest BCUT2D eigenvalue weighted by Gasteiger charge is -2.35. The number of nitrogens with zero attached hydrogens (tertiary/aromatic N) is 2. The van der Waals surface area contributed by atoms with Gasteiger partial charge in [-0.2, -0.15) is 0 Å². The van der Waals surface area contributed by atoms with E-state index in [0.29, 0.717) is 0 Å². The molecule has 0 aliphatic carbocycles. The van der Waals surface area contributed by atoms with E-state index in [9.17, 15) is 0 Å². The van der Waals surface area contributed by atoms with Gasteiger partial charge in [0.25, 0.3) is 0 Å². The van der Waals surface area contributed by atoms with Crippen molar-refractivity contribution in [2.75, 3.05) is 18.0 Å². The van der Waals surface area contributed by atoms with E-state index in [2.05, 4.69) is 23.7 Å². The first-order valence-corrected chi connectivity index (χ1v) is 7.40. The number of anilines is 1. The van der Waals surface area contributed by atoms with Crippen LogP contribution in [0.5, 0.6) is 0 Å². The molecule has 18 heavy (non-hydrogen) atoms. The summed E-state index contributed by atoms with van der Waals surface area (Å²) in [5.74, 6) is 1.67. The summed E-state index contributed by atoms with van der Waals surface area (Å²) < 4.78 is 0. The smallest absolute Gasteiger partial charge is 0.0742 e. The lowest BCUT2D eigenvalue weighted by molar-refractivity contribution is 0.311. The maximum atomic E-state index is 6.17. The Labute approximate surface area is 116 Å². The van der Waals surface area contributed by atoms with Gasteiger partial charge < -0.3 is 4.90 Å². The zero-order valence-electron chi connectivity index (χ0n) is 12.0. The van der Waals surface area contributed by atoms with Crippen LogP contribution in [0.2, 0.25) is 5.02 Å². The zero-order valence-corrected chi connectivity index (χ0v) is 12.7. The number of pyridine rings is 1. The number of hydrogen-bond donors (Lipinski definition) is 0. The summed E-state index contributed by atoms with van der Waals surface area (Å²) in [5.41, 5.74) is 1.09. The van der Waals surface area contributed by atoms with Crippen LogP contribution in [-0.2, 0) is 0 Å². The second-order valence-electron chi connectivity index (χ2n) is 4.90. The highest BCUT2D eigenvalue weighted by molar-refractivity contribution is 6.33. The third kappa shape index (κ3) is 3.88. The Morgan fingerprint density at radius 3 is 2.39 bits per heavy atom. The first-order chi connectivity index (χ1) is 8.68. The van der Waals surface area contributed by atoms with Gasteiger partial charge in [0.05, 0.1) is 16.9 Å². The molecule has 1 aromatic heterocycles. The average Bonchev–Trinajstić information content (AvgIpc) is 2.42. The average molecular weight is 269 g/mol.